The molecule has 2 N–H and O–H groups in total. The molecule has 3 rings (SSSR count). The minimum atomic E-state index is -3.33. The maximum atomic E-state index is 13.4. The summed E-state index contributed by atoms with van der Waals surface area (Å²) in [7, 11) is -6.57. The molecule has 0 radical (unpaired) electrons. The number of hydrogen-bond donors (Lipinski definition) is 2. The van der Waals surface area contributed by atoms with Crippen molar-refractivity contribution in [2.24, 2.45) is 0 Å². The Labute approximate surface area is 293 Å². The van der Waals surface area contributed by atoms with E-state index >= 15 is 0 Å². The lowest BCUT2D eigenvalue weighted by Crippen LogP contribution is -2.11. The van der Waals surface area contributed by atoms with Crippen LogP contribution in [0.2, 0.25) is 0 Å². The molecule has 0 aliphatic rings. The van der Waals surface area contributed by atoms with E-state index in [1.807, 2.05) is 0 Å². The van der Waals surface area contributed by atoms with Crippen LogP contribution in [0.3, 0.4) is 0 Å². The van der Waals surface area contributed by atoms with Gasteiger partial charge in [-0.1, -0.05) is 12.1 Å². The zero-order valence-corrected chi connectivity index (χ0v) is 30.7. The molecule has 0 heterocycles. The van der Waals surface area contributed by atoms with Crippen LogP contribution < -0.4 is 4.74 Å². The third kappa shape index (κ3) is 12.3. The molecule has 0 unspecified atom stereocenters. The number of esters is 1. The van der Waals surface area contributed by atoms with Gasteiger partial charge < -0.3 is 33.0 Å². The SMILES string of the molecule is CCOP(=O)(CCCc1cc(C(=O)Cc2ccc(OC(=O)c3ccc(C(=O)O)cc3)c(CCCP(=O)(OCC)OCC)c2)ccc1O)OCC. The number of hydrogen-bond acceptors (Lipinski definition) is 11. The number of phenols is 1. The summed E-state index contributed by atoms with van der Waals surface area (Å²) in [6, 6.07) is 15.0. The van der Waals surface area contributed by atoms with Crippen LogP contribution in [0, 0.1) is 0 Å². The van der Waals surface area contributed by atoms with Crippen LogP contribution in [0.5, 0.6) is 11.5 Å². The van der Waals surface area contributed by atoms with Crippen molar-refractivity contribution in [1.29, 1.82) is 0 Å². The minimum Gasteiger partial charge on any atom is -0.508 e. The van der Waals surface area contributed by atoms with Gasteiger partial charge in [0.25, 0.3) is 0 Å². The topological polar surface area (TPSA) is 172 Å². The van der Waals surface area contributed by atoms with Gasteiger partial charge in [-0.2, -0.15) is 0 Å². The van der Waals surface area contributed by atoms with Crippen molar-refractivity contribution in [1.82, 2.24) is 0 Å². The Kier molecular flexibility index (Phi) is 16.1. The number of carboxylic acid groups (broad SMARTS) is 1. The molecule has 0 atom stereocenters. The maximum Gasteiger partial charge on any atom is 0.343 e. The number of ketones is 1. The highest BCUT2D eigenvalue weighted by atomic mass is 31.2. The van der Waals surface area contributed by atoms with E-state index in [0.29, 0.717) is 47.9 Å². The first-order valence-corrected chi connectivity index (χ1v) is 20.1. The predicted octanol–water partition coefficient (Wildman–Crippen LogP) is 8.13. The standard InChI is InChI=1S/C36H46O12P2/c1-5-44-49(42,45-6-2)21-9-11-29-25-30(18-19-32(29)37)33(38)24-26-13-20-34(48-36(41)28-16-14-27(15-17-28)35(39)40)31(23-26)12-10-22-50(43,46-7-3)47-8-4/h13-20,23,25,37H,5-12,21-22,24H2,1-4H3,(H,39,40). The molecule has 0 aliphatic carbocycles. The smallest absolute Gasteiger partial charge is 0.343 e. The van der Waals surface area contributed by atoms with Crippen molar-refractivity contribution in [3.63, 3.8) is 0 Å². The van der Waals surface area contributed by atoms with Crippen molar-refractivity contribution >= 4 is 32.9 Å². The second-order valence-corrected chi connectivity index (χ2v) is 15.6. The van der Waals surface area contributed by atoms with E-state index in [2.05, 4.69) is 0 Å². The second-order valence-electron chi connectivity index (χ2n) is 11.2. The van der Waals surface area contributed by atoms with Gasteiger partial charge >= 0.3 is 27.1 Å². The molecule has 0 spiro atoms. The molecule has 14 heteroatoms. The van der Waals surface area contributed by atoms with Gasteiger partial charge in [0.1, 0.15) is 11.5 Å². The lowest BCUT2D eigenvalue weighted by atomic mass is 9.97. The van der Waals surface area contributed by atoms with Gasteiger partial charge in [-0.3, -0.25) is 13.9 Å². The van der Waals surface area contributed by atoms with Crippen molar-refractivity contribution in [2.45, 2.75) is 59.8 Å². The highest BCUT2D eigenvalue weighted by Crippen LogP contribution is 2.49. The Morgan fingerprint density at radius 1 is 0.640 bits per heavy atom. The minimum absolute atomic E-state index is 0.00234. The lowest BCUT2D eigenvalue weighted by molar-refractivity contribution is 0.0691. The number of phenolic OH excluding ortho intramolecular Hbond substituents is 1. The van der Waals surface area contributed by atoms with E-state index in [1.54, 1.807) is 52.0 Å². The lowest BCUT2D eigenvalue weighted by Gasteiger charge is -2.17. The summed E-state index contributed by atoms with van der Waals surface area (Å²) in [5, 5.41) is 19.6. The molecular formula is C36H46O12P2. The molecule has 0 amide bonds. The van der Waals surface area contributed by atoms with Crippen LogP contribution in [-0.4, -0.2) is 66.7 Å². The molecule has 0 fully saturated rings. The molecular weight excluding hydrogens is 686 g/mol. The summed E-state index contributed by atoms with van der Waals surface area (Å²) >= 11 is 0. The number of aryl methyl sites for hydroxylation is 2. The number of rotatable bonds is 22. The average Bonchev–Trinajstić information content (AvgIpc) is 3.07. The van der Waals surface area contributed by atoms with E-state index in [4.69, 9.17) is 27.9 Å². The number of Topliss-reactive ketones (excluding diaryl/α,β-unsaturated/α-hetero) is 1. The Hall–Kier alpha value is -3.63. The highest BCUT2D eigenvalue weighted by Gasteiger charge is 2.25. The fourth-order valence-corrected chi connectivity index (χ4v) is 8.57. The van der Waals surface area contributed by atoms with Crippen LogP contribution in [0.25, 0.3) is 0 Å². The summed E-state index contributed by atoms with van der Waals surface area (Å²) in [6.07, 6.45) is 1.76. The van der Waals surface area contributed by atoms with E-state index in [-0.39, 0.29) is 73.6 Å². The molecule has 3 aromatic carbocycles. The molecule has 0 aromatic heterocycles. The van der Waals surface area contributed by atoms with Gasteiger partial charge in [0.2, 0.25) is 0 Å². The van der Waals surface area contributed by atoms with Crippen LogP contribution in [0.1, 0.15) is 88.3 Å². The molecule has 12 nitrogen and oxygen atoms in total. The third-order valence-corrected chi connectivity index (χ3v) is 11.9. The maximum absolute atomic E-state index is 13.4. The van der Waals surface area contributed by atoms with Gasteiger partial charge in [-0.15, -0.1) is 0 Å². The van der Waals surface area contributed by atoms with Crippen molar-refractivity contribution in [2.75, 3.05) is 38.8 Å². The fourth-order valence-electron chi connectivity index (χ4n) is 5.24. The zero-order chi connectivity index (χ0) is 36.7. The van der Waals surface area contributed by atoms with Gasteiger partial charge in [-0.05, 0) is 119 Å². The number of benzene rings is 3. The molecule has 0 saturated heterocycles. The normalized spacial score (nSPS) is 11.8. The molecule has 0 bridgehead atoms. The summed E-state index contributed by atoms with van der Waals surface area (Å²) < 4.78 is 53.1. The van der Waals surface area contributed by atoms with Crippen molar-refractivity contribution in [3.05, 3.63) is 94.0 Å². The molecule has 50 heavy (non-hydrogen) atoms. The molecule has 3 aromatic rings. The second kappa shape index (κ2) is 19.7. The summed E-state index contributed by atoms with van der Waals surface area (Å²) in [5.74, 6) is -1.78. The molecule has 272 valence electrons. The quantitative estimate of drug-likeness (QED) is 0.0440. The van der Waals surface area contributed by atoms with Gasteiger partial charge in [0, 0.05) is 12.0 Å². The molecule has 0 saturated carbocycles. The largest absolute Gasteiger partial charge is 0.508 e. The third-order valence-electron chi connectivity index (χ3n) is 7.52. The highest BCUT2D eigenvalue weighted by molar-refractivity contribution is 7.54. The number of carbonyl (C=O) groups excluding carboxylic acids is 2. The summed E-state index contributed by atoms with van der Waals surface area (Å²) in [6.45, 7) is 7.88. The van der Waals surface area contributed by atoms with Crippen LogP contribution in [0.4, 0.5) is 0 Å². The van der Waals surface area contributed by atoms with E-state index in [1.165, 1.54) is 36.4 Å². The average molecular weight is 733 g/mol. The summed E-state index contributed by atoms with van der Waals surface area (Å²) in [4.78, 5) is 37.6. The first-order chi connectivity index (χ1) is 23.9. The van der Waals surface area contributed by atoms with Gasteiger partial charge in [-0.25, -0.2) is 9.59 Å². The molecule has 0 aliphatic heterocycles. The van der Waals surface area contributed by atoms with Gasteiger partial charge in [0.05, 0.1) is 49.9 Å². The summed E-state index contributed by atoms with van der Waals surface area (Å²) in [5.41, 5.74) is 2.31. The Morgan fingerprint density at radius 2 is 1.14 bits per heavy atom. The number of carbonyl (C=O) groups is 3. The van der Waals surface area contributed by atoms with E-state index in [0.717, 1.165) is 0 Å². The Bertz CT molecular complexity index is 1680. The van der Waals surface area contributed by atoms with E-state index in [9.17, 15) is 28.6 Å². The monoisotopic (exact) mass is 732 g/mol. The first-order valence-electron chi connectivity index (χ1n) is 16.6. The van der Waals surface area contributed by atoms with Crippen LogP contribution in [0.15, 0.2) is 60.7 Å². The van der Waals surface area contributed by atoms with Crippen LogP contribution >= 0.6 is 15.2 Å². The Morgan fingerprint density at radius 3 is 1.66 bits per heavy atom. The number of carboxylic acids is 1. The predicted molar refractivity (Wildman–Crippen MR) is 189 cm³/mol. The van der Waals surface area contributed by atoms with Crippen molar-refractivity contribution < 1.29 is 56.6 Å². The van der Waals surface area contributed by atoms with Crippen molar-refractivity contribution in [3.8, 4) is 11.5 Å². The number of aromatic hydroxyl groups is 1. The zero-order valence-electron chi connectivity index (χ0n) is 28.9. The van der Waals surface area contributed by atoms with E-state index < -0.39 is 27.1 Å². The van der Waals surface area contributed by atoms with Crippen LogP contribution in [-0.2, 0) is 46.5 Å². The van der Waals surface area contributed by atoms with Gasteiger partial charge in [0.15, 0.2) is 5.78 Å². The number of ether oxygens (including phenoxy) is 1. The first kappa shape index (κ1) is 40.8. The number of aromatic carboxylic acids is 1. The fraction of sp³-hybridized carbons (Fsp3) is 0.417. The Balaban J connectivity index is 1.81.